The Kier molecular flexibility index (Phi) is 2.56. The standard InChI is InChI=1S/C10H13BrN2/c1-7-2-3-10(9(11)4-7)13-8-5-12-6-8/h2-4,8,12-13H,5-6H2,1H3. The van der Waals surface area contributed by atoms with E-state index in [1.165, 1.54) is 11.3 Å². The fraction of sp³-hybridized carbons (Fsp3) is 0.400. The highest BCUT2D eigenvalue weighted by Crippen LogP contribution is 2.24. The molecule has 1 saturated heterocycles. The molecule has 2 rings (SSSR count). The van der Waals surface area contributed by atoms with Crippen LogP contribution in [0, 0.1) is 6.92 Å². The van der Waals surface area contributed by atoms with E-state index >= 15 is 0 Å². The van der Waals surface area contributed by atoms with Crippen LogP contribution in [-0.4, -0.2) is 19.1 Å². The molecule has 1 aliphatic rings. The van der Waals surface area contributed by atoms with Gasteiger partial charge in [-0.15, -0.1) is 0 Å². The van der Waals surface area contributed by atoms with Crippen LogP contribution in [0.5, 0.6) is 0 Å². The number of hydrogen-bond acceptors (Lipinski definition) is 2. The van der Waals surface area contributed by atoms with Crippen LogP contribution in [0.4, 0.5) is 5.69 Å². The van der Waals surface area contributed by atoms with Crippen molar-refractivity contribution in [1.29, 1.82) is 0 Å². The zero-order valence-electron chi connectivity index (χ0n) is 7.60. The minimum Gasteiger partial charge on any atom is -0.379 e. The Labute approximate surface area is 86.9 Å². The maximum atomic E-state index is 3.55. The third-order valence-corrected chi connectivity index (χ3v) is 2.92. The van der Waals surface area contributed by atoms with Gasteiger partial charge in [0.1, 0.15) is 0 Å². The summed E-state index contributed by atoms with van der Waals surface area (Å²) in [6.45, 7) is 4.24. The third-order valence-electron chi connectivity index (χ3n) is 2.27. The van der Waals surface area contributed by atoms with Gasteiger partial charge in [0.05, 0.1) is 6.04 Å². The van der Waals surface area contributed by atoms with Gasteiger partial charge in [-0.25, -0.2) is 0 Å². The van der Waals surface area contributed by atoms with Crippen molar-refractivity contribution >= 4 is 21.6 Å². The molecule has 70 valence electrons. The Hall–Kier alpha value is -0.540. The molecule has 0 radical (unpaired) electrons. The van der Waals surface area contributed by atoms with Gasteiger partial charge in [-0.05, 0) is 40.5 Å². The highest BCUT2D eigenvalue weighted by Gasteiger charge is 2.16. The average molecular weight is 241 g/mol. The molecular weight excluding hydrogens is 228 g/mol. The summed E-state index contributed by atoms with van der Waals surface area (Å²) < 4.78 is 1.15. The Morgan fingerprint density at radius 1 is 1.46 bits per heavy atom. The van der Waals surface area contributed by atoms with Crippen LogP contribution in [0.25, 0.3) is 0 Å². The van der Waals surface area contributed by atoms with E-state index in [0.29, 0.717) is 6.04 Å². The maximum absolute atomic E-state index is 3.55. The van der Waals surface area contributed by atoms with Crippen LogP contribution in [0.15, 0.2) is 22.7 Å². The monoisotopic (exact) mass is 240 g/mol. The summed E-state index contributed by atoms with van der Waals surface area (Å²) in [5.41, 5.74) is 2.47. The minimum absolute atomic E-state index is 0.596. The highest BCUT2D eigenvalue weighted by atomic mass is 79.9. The topological polar surface area (TPSA) is 24.1 Å². The number of benzene rings is 1. The molecule has 0 saturated carbocycles. The molecule has 1 fully saturated rings. The molecule has 0 atom stereocenters. The van der Waals surface area contributed by atoms with Crippen LogP contribution in [0.1, 0.15) is 5.56 Å². The fourth-order valence-electron chi connectivity index (χ4n) is 1.35. The van der Waals surface area contributed by atoms with Gasteiger partial charge in [-0.2, -0.15) is 0 Å². The summed E-state index contributed by atoms with van der Waals surface area (Å²) in [5.74, 6) is 0. The van der Waals surface area contributed by atoms with Crippen molar-refractivity contribution in [3.05, 3.63) is 28.2 Å². The predicted molar refractivity (Wildman–Crippen MR) is 59.2 cm³/mol. The molecule has 1 aromatic carbocycles. The summed E-state index contributed by atoms with van der Waals surface area (Å²) in [6.07, 6.45) is 0. The van der Waals surface area contributed by atoms with E-state index < -0.39 is 0 Å². The van der Waals surface area contributed by atoms with E-state index in [-0.39, 0.29) is 0 Å². The number of hydrogen-bond donors (Lipinski definition) is 2. The molecular formula is C10H13BrN2. The van der Waals surface area contributed by atoms with E-state index in [2.05, 4.69) is 51.7 Å². The molecule has 0 unspecified atom stereocenters. The lowest BCUT2D eigenvalue weighted by atomic mass is 10.1. The lowest BCUT2D eigenvalue weighted by Gasteiger charge is -2.29. The smallest absolute Gasteiger partial charge is 0.0510 e. The number of nitrogens with one attached hydrogen (secondary N) is 2. The third kappa shape index (κ3) is 2.03. The quantitative estimate of drug-likeness (QED) is 0.828. The first-order valence-electron chi connectivity index (χ1n) is 4.49. The molecule has 1 aliphatic heterocycles. The summed E-state index contributed by atoms with van der Waals surface area (Å²) >= 11 is 3.55. The summed E-state index contributed by atoms with van der Waals surface area (Å²) in [4.78, 5) is 0. The van der Waals surface area contributed by atoms with Crippen molar-refractivity contribution in [2.24, 2.45) is 0 Å². The van der Waals surface area contributed by atoms with E-state index in [1.807, 2.05) is 0 Å². The molecule has 0 aromatic heterocycles. The zero-order valence-corrected chi connectivity index (χ0v) is 9.19. The molecule has 0 spiro atoms. The second-order valence-corrected chi connectivity index (χ2v) is 4.34. The van der Waals surface area contributed by atoms with Crippen molar-refractivity contribution < 1.29 is 0 Å². The summed E-state index contributed by atoms with van der Waals surface area (Å²) in [6, 6.07) is 6.98. The largest absolute Gasteiger partial charge is 0.379 e. The number of aryl methyl sites for hydroxylation is 1. The van der Waals surface area contributed by atoms with Crippen molar-refractivity contribution in [3.8, 4) is 0 Å². The Morgan fingerprint density at radius 2 is 2.23 bits per heavy atom. The summed E-state index contributed by atoms with van der Waals surface area (Å²) in [5, 5.41) is 6.70. The number of halogens is 1. The first-order chi connectivity index (χ1) is 6.25. The van der Waals surface area contributed by atoms with Gasteiger partial charge < -0.3 is 10.6 Å². The van der Waals surface area contributed by atoms with Crippen LogP contribution >= 0.6 is 15.9 Å². The van der Waals surface area contributed by atoms with Crippen LogP contribution in [0.3, 0.4) is 0 Å². The molecule has 2 nitrogen and oxygen atoms in total. The second-order valence-electron chi connectivity index (χ2n) is 3.48. The molecule has 2 N–H and O–H groups in total. The fourth-order valence-corrected chi connectivity index (χ4v) is 1.96. The van der Waals surface area contributed by atoms with Crippen LogP contribution in [0.2, 0.25) is 0 Å². The van der Waals surface area contributed by atoms with Crippen LogP contribution in [-0.2, 0) is 0 Å². The van der Waals surface area contributed by atoms with Gasteiger partial charge in [0.15, 0.2) is 0 Å². The molecule has 0 amide bonds. The average Bonchev–Trinajstić information content (AvgIpc) is 1.99. The van der Waals surface area contributed by atoms with Crippen molar-refractivity contribution in [3.63, 3.8) is 0 Å². The molecule has 1 aromatic rings. The Bertz CT molecular complexity index is 308. The Morgan fingerprint density at radius 3 is 2.77 bits per heavy atom. The van der Waals surface area contributed by atoms with Crippen molar-refractivity contribution in [2.75, 3.05) is 18.4 Å². The van der Waals surface area contributed by atoms with Gasteiger partial charge in [0.2, 0.25) is 0 Å². The van der Waals surface area contributed by atoms with Crippen molar-refractivity contribution in [1.82, 2.24) is 5.32 Å². The van der Waals surface area contributed by atoms with Gasteiger partial charge in [-0.1, -0.05) is 6.07 Å². The highest BCUT2D eigenvalue weighted by molar-refractivity contribution is 9.10. The molecule has 1 heterocycles. The zero-order chi connectivity index (χ0) is 9.26. The first kappa shape index (κ1) is 9.03. The first-order valence-corrected chi connectivity index (χ1v) is 5.28. The van der Waals surface area contributed by atoms with E-state index in [4.69, 9.17) is 0 Å². The molecule has 0 bridgehead atoms. The molecule has 13 heavy (non-hydrogen) atoms. The van der Waals surface area contributed by atoms with Gasteiger partial charge in [0, 0.05) is 23.2 Å². The molecule has 3 heteroatoms. The second kappa shape index (κ2) is 3.68. The molecule has 0 aliphatic carbocycles. The lowest BCUT2D eigenvalue weighted by molar-refractivity contribution is 0.472. The van der Waals surface area contributed by atoms with E-state index in [0.717, 1.165) is 17.6 Å². The van der Waals surface area contributed by atoms with Crippen molar-refractivity contribution in [2.45, 2.75) is 13.0 Å². The maximum Gasteiger partial charge on any atom is 0.0510 e. The number of rotatable bonds is 2. The van der Waals surface area contributed by atoms with Gasteiger partial charge >= 0.3 is 0 Å². The number of anilines is 1. The van der Waals surface area contributed by atoms with E-state index in [1.54, 1.807) is 0 Å². The SMILES string of the molecule is Cc1ccc(NC2CNC2)c(Br)c1. The predicted octanol–water partition coefficient (Wildman–Crippen LogP) is 2.14. The Balaban J connectivity index is 2.10. The van der Waals surface area contributed by atoms with E-state index in [9.17, 15) is 0 Å². The normalized spacial score (nSPS) is 16.8. The minimum atomic E-state index is 0.596. The summed E-state index contributed by atoms with van der Waals surface area (Å²) in [7, 11) is 0. The van der Waals surface area contributed by atoms with Gasteiger partial charge in [-0.3, -0.25) is 0 Å². The lowest BCUT2D eigenvalue weighted by Crippen LogP contribution is -2.51. The van der Waals surface area contributed by atoms with Crippen LogP contribution < -0.4 is 10.6 Å². The van der Waals surface area contributed by atoms with Gasteiger partial charge in [0.25, 0.3) is 0 Å².